The van der Waals surface area contributed by atoms with Gasteiger partial charge in [0.1, 0.15) is 11.4 Å². The molecular formula is C25H18N4O2S3. The van der Waals surface area contributed by atoms with Crippen LogP contribution in [0.25, 0.3) is 32.2 Å². The van der Waals surface area contributed by atoms with Crippen LogP contribution in [0.2, 0.25) is 0 Å². The van der Waals surface area contributed by atoms with Gasteiger partial charge in [-0.25, -0.2) is 9.97 Å². The van der Waals surface area contributed by atoms with Crippen LogP contribution in [0.3, 0.4) is 0 Å². The fraction of sp³-hybridized carbons (Fsp3) is 0.0800. The number of thiophene rings is 2. The first kappa shape index (κ1) is 21.0. The Morgan fingerprint density at radius 2 is 1.59 bits per heavy atom. The first-order chi connectivity index (χ1) is 16.7. The highest BCUT2D eigenvalue weighted by atomic mass is 32.1. The second kappa shape index (κ2) is 9.02. The molecule has 1 aliphatic rings. The molecule has 0 atom stereocenters. The zero-order valence-corrected chi connectivity index (χ0v) is 20.2. The molecule has 6 rings (SSSR count). The van der Waals surface area contributed by atoms with Crippen LogP contribution in [-0.2, 0) is 6.54 Å². The largest absolute Gasteiger partial charge is 0.454 e. The summed E-state index contributed by atoms with van der Waals surface area (Å²) in [6.45, 7) is 0.836. The summed E-state index contributed by atoms with van der Waals surface area (Å²) in [5.41, 5.74) is 5.36. The van der Waals surface area contributed by atoms with Crippen LogP contribution in [0.5, 0.6) is 11.5 Å². The minimum Gasteiger partial charge on any atom is -0.454 e. The van der Waals surface area contributed by atoms with Gasteiger partial charge in [0.05, 0.1) is 20.8 Å². The minimum atomic E-state index is 0.264. The molecule has 0 aliphatic carbocycles. The van der Waals surface area contributed by atoms with E-state index in [1.807, 2.05) is 48.5 Å². The van der Waals surface area contributed by atoms with Gasteiger partial charge < -0.3 is 20.1 Å². The van der Waals surface area contributed by atoms with Crippen LogP contribution in [0.15, 0.2) is 71.4 Å². The highest BCUT2D eigenvalue weighted by molar-refractivity contribution is 7.80. The van der Waals surface area contributed by atoms with E-state index < -0.39 is 0 Å². The first-order valence-electron chi connectivity index (χ1n) is 10.6. The highest BCUT2D eigenvalue weighted by Crippen LogP contribution is 2.36. The van der Waals surface area contributed by atoms with E-state index in [2.05, 4.69) is 33.5 Å². The molecule has 0 saturated heterocycles. The van der Waals surface area contributed by atoms with Gasteiger partial charge >= 0.3 is 0 Å². The molecule has 0 spiro atoms. The van der Waals surface area contributed by atoms with Crippen molar-refractivity contribution >= 4 is 56.7 Å². The van der Waals surface area contributed by atoms with E-state index in [0.29, 0.717) is 11.7 Å². The van der Waals surface area contributed by atoms with Crippen molar-refractivity contribution in [2.24, 2.45) is 0 Å². The molecular weight excluding hydrogens is 485 g/mol. The second-order valence-electron chi connectivity index (χ2n) is 7.57. The fourth-order valence-corrected chi connectivity index (χ4v) is 5.33. The maximum atomic E-state index is 5.51. The Morgan fingerprint density at radius 1 is 0.853 bits per heavy atom. The van der Waals surface area contributed by atoms with Gasteiger partial charge in [0.25, 0.3) is 0 Å². The third-order valence-corrected chi connectivity index (χ3v) is 7.32. The van der Waals surface area contributed by atoms with Crippen molar-refractivity contribution in [1.82, 2.24) is 15.3 Å². The lowest BCUT2D eigenvalue weighted by molar-refractivity contribution is 0.174. The fourth-order valence-electron chi connectivity index (χ4n) is 3.71. The molecule has 9 heteroatoms. The zero-order valence-electron chi connectivity index (χ0n) is 17.8. The molecule has 168 valence electrons. The van der Waals surface area contributed by atoms with Crippen molar-refractivity contribution in [3.8, 4) is 32.6 Å². The van der Waals surface area contributed by atoms with Crippen LogP contribution in [-0.4, -0.2) is 21.9 Å². The summed E-state index contributed by atoms with van der Waals surface area (Å²) in [6.07, 6.45) is 0. The molecule has 1 aliphatic heterocycles. The third kappa shape index (κ3) is 4.21. The molecule has 3 aromatic heterocycles. The number of fused-ring (bicyclic) bond motifs is 2. The SMILES string of the molecule is S=C(NCc1ccc2c(c1)OCO2)Nc1ccc2nc(-c3cccs3)c(-c3cccs3)nc2c1. The van der Waals surface area contributed by atoms with Crippen LogP contribution < -0.4 is 20.1 Å². The lowest BCUT2D eigenvalue weighted by atomic mass is 10.2. The van der Waals surface area contributed by atoms with E-state index in [-0.39, 0.29) is 6.79 Å². The van der Waals surface area contributed by atoms with Crippen molar-refractivity contribution in [3.63, 3.8) is 0 Å². The quantitative estimate of drug-likeness (QED) is 0.273. The molecule has 0 unspecified atom stereocenters. The molecule has 0 saturated carbocycles. The van der Waals surface area contributed by atoms with E-state index in [1.54, 1.807) is 22.7 Å². The van der Waals surface area contributed by atoms with Gasteiger partial charge in [-0.3, -0.25) is 0 Å². The van der Waals surface area contributed by atoms with Gasteiger partial charge in [-0.1, -0.05) is 18.2 Å². The van der Waals surface area contributed by atoms with E-state index in [4.69, 9.17) is 31.7 Å². The minimum absolute atomic E-state index is 0.264. The van der Waals surface area contributed by atoms with Gasteiger partial charge in [0.2, 0.25) is 6.79 Å². The Morgan fingerprint density at radius 3 is 2.32 bits per heavy atom. The van der Waals surface area contributed by atoms with E-state index >= 15 is 0 Å². The normalized spacial score (nSPS) is 12.1. The number of ether oxygens (including phenoxy) is 2. The summed E-state index contributed by atoms with van der Waals surface area (Å²) in [7, 11) is 0. The Kier molecular flexibility index (Phi) is 5.58. The Balaban J connectivity index is 1.23. The number of thiocarbonyl (C=S) groups is 1. The summed E-state index contributed by atoms with van der Waals surface area (Å²) < 4.78 is 10.8. The monoisotopic (exact) mass is 502 g/mol. The van der Waals surface area contributed by atoms with E-state index in [0.717, 1.165) is 54.9 Å². The second-order valence-corrected chi connectivity index (χ2v) is 9.88. The third-order valence-electron chi connectivity index (χ3n) is 5.32. The van der Waals surface area contributed by atoms with Crippen LogP contribution in [0.1, 0.15) is 5.56 Å². The maximum Gasteiger partial charge on any atom is 0.231 e. The van der Waals surface area contributed by atoms with Gasteiger partial charge in [-0.05, 0) is 71.0 Å². The summed E-state index contributed by atoms with van der Waals surface area (Å²) in [5, 5.41) is 11.1. The first-order valence-corrected chi connectivity index (χ1v) is 12.7. The summed E-state index contributed by atoms with van der Waals surface area (Å²) >= 11 is 8.84. The Hall–Kier alpha value is -3.53. The van der Waals surface area contributed by atoms with E-state index in [1.165, 1.54) is 0 Å². The average Bonchev–Trinajstić information content (AvgIpc) is 3.64. The molecule has 0 bridgehead atoms. The maximum absolute atomic E-state index is 5.51. The summed E-state index contributed by atoms with van der Waals surface area (Å²) in [4.78, 5) is 12.1. The van der Waals surface area contributed by atoms with Gasteiger partial charge in [-0.2, -0.15) is 0 Å². The number of nitrogens with zero attached hydrogens (tertiary/aromatic N) is 2. The van der Waals surface area contributed by atoms with Crippen molar-refractivity contribution in [3.05, 3.63) is 77.0 Å². The molecule has 4 heterocycles. The molecule has 5 aromatic rings. The lowest BCUT2D eigenvalue weighted by Gasteiger charge is -2.12. The van der Waals surface area contributed by atoms with Gasteiger partial charge in [-0.15, -0.1) is 22.7 Å². The number of hydrogen-bond donors (Lipinski definition) is 2. The molecule has 2 aromatic carbocycles. The van der Waals surface area contributed by atoms with Crippen molar-refractivity contribution in [2.45, 2.75) is 6.54 Å². The number of aromatic nitrogens is 2. The number of rotatable bonds is 5. The molecule has 34 heavy (non-hydrogen) atoms. The summed E-state index contributed by atoms with van der Waals surface area (Å²) in [5.74, 6) is 1.53. The molecule has 0 radical (unpaired) electrons. The number of nitrogens with one attached hydrogen (secondary N) is 2. The Bertz CT molecular complexity index is 1480. The molecule has 0 fully saturated rings. The Labute approximate surface area is 209 Å². The summed E-state index contributed by atoms with van der Waals surface area (Å²) in [6, 6.07) is 20.0. The smallest absolute Gasteiger partial charge is 0.231 e. The van der Waals surface area contributed by atoms with Crippen LogP contribution in [0, 0.1) is 0 Å². The van der Waals surface area contributed by atoms with Crippen molar-refractivity contribution in [2.75, 3.05) is 12.1 Å². The number of anilines is 1. The zero-order chi connectivity index (χ0) is 22.9. The van der Waals surface area contributed by atoms with E-state index in [9.17, 15) is 0 Å². The van der Waals surface area contributed by atoms with Crippen molar-refractivity contribution < 1.29 is 9.47 Å². The predicted molar refractivity (Wildman–Crippen MR) is 142 cm³/mol. The predicted octanol–water partition coefficient (Wildman–Crippen LogP) is 6.30. The molecule has 6 nitrogen and oxygen atoms in total. The number of benzene rings is 2. The number of hydrogen-bond acceptors (Lipinski definition) is 7. The van der Waals surface area contributed by atoms with Gasteiger partial charge in [0.15, 0.2) is 16.6 Å². The average molecular weight is 503 g/mol. The lowest BCUT2D eigenvalue weighted by Crippen LogP contribution is -2.27. The topological polar surface area (TPSA) is 68.3 Å². The molecule has 2 N–H and O–H groups in total. The van der Waals surface area contributed by atoms with Gasteiger partial charge in [0, 0.05) is 12.2 Å². The molecule has 0 amide bonds. The van der Waals surface area contributed by atoms with Crippen LogP contribution >= 0.6 is 34.9 Å². The highest BCUT2D eigenvalue weighted by Gasteiger charge is 2.16. The van der Waals surface area contributed by atoms with Crippen molar-refractivity contribution in [1.29, 1.82) is 0 Å². The standard InChI is InChI=1S/C25H18N4O2S3/c32-25(26-13-15-5-8-19-20(11-15)31-14-30-19)27-16-6-7-17-18(12-16)29-24(22-4-2-10-34-22)23(28-17)21-3-1-9-33-21/h1-12H,13-14H2,(H2,26,27,32). The van der Waals surface area contributed by atoms with Crippen LogP contribution in [0.4, 0.5) is 5.69 Å².